The Hall–Kier alpha value is -2.15. The van der Waals surface area contributed by atoms with Crippen LogP contribution >= 0.6 is 0 Å². The molecule has 0 amide bonds. The normalized spacial score (nSPS) is 38.9. The quantitative estimate of drug-likeness (QED) is 0.284. The molecule has 3 heterocycles. The van der Waals surface area contributed by atoms with Crippen molar-refractivity contribution >= 4 is 17.9 Å². The molecule has 0 aromatic rings. The van der Waals surface area contributed by atoms with E-state index in [4.69, 9.17) is 18.9 Å². The van der Waals surface area contributed by atoms with Crippen LogP contribution in [-0.4, -0.2) is 47.9 Å². The molecule has 31 heavy (non-hydrogen) atoms. The van der Waals surface area contributed by atoms with Crippen LogP contribution in [-0.2, 0) is 33.3 Å². The topological polar surface area (TPSA) is 88.1 Å². The summed E-state index contributed by atoms with van der Waals surface area (Å²) in [5.74, 6) is -1.84. The number of rotatable bonds is 2. The highest BCUT2D eigenvalue weighted by Crippen LogP contribution is 2.44. The zero-order valence-corrected chi connectivity index (χ0v) is 19.0. The molecule has 2 bridgehead atoms. The van der Waals surface area contributed by atoms with E-state index in [1.165, 1.54) is 13.8 Å². The highest BCUT2D eigenvalue weighted by molar-refractivity contribution is 5.91. The maximum absolute atomic E-state index is 12.5. The number of carbonyl (C=O) groups is 3. The summed E-state index contributed by atoms with van der Waals surface area (Å²) in [7, 11) is 0. The molecular formula is C24H34O7. The number of fused-ring (bicyclic) bond motifs is 3. The third-order valence-electron chi connectivity index (χ3n) is 6.92. The molecule has 3 saturated heterocycles. The zero-order chi connectivity index (χ0) is 22.9. The number of ether oxygens (including phenoxy) is 4. The standard InChI is InChI=1S/C24H34O7/c1-13-8-7-9-14(2)21(29-17(5)26)22-18(15(3)23(27)30-22)12-20(28-16(4)25)24(6)11-10-19(13)31-24/h14,18-22H,1,3,7-12H2,2,4-6H3/t14-,18+,19?,20-,21+,22-,24?/m1/s1. The van der Waals surface area contributed by atoms with Crippen molar-refractivity contribution in [1.82, 2.24) is 0 Å². The Labute approximate surface area is 184 Å². The molecule has 2 unspecified atom stereocenters. The summed E-state index contributed by atoms with van der Waals surface area (Å²) in [6.07, 6.45) is 2.26. The second-order valence-corrected chi connectivity index (χ2v) is 9.40. The van der Waals surface area contributed by atoms with E-state index < -0.39 is 47.7 Å². The summed E-state index contributed by atoms with van der Waals surface area (Å²) >= 11 is 0. The van der Waals surface area contributed by atoms with Gasteiger partial charge in [-0.15, -0.1) is 0 Å². The Morgan fingerprint density at radius 2 is 1.81 bits per heavy atom. The molecule has 7 nitrogen and oxygen atoms in total. The van der Waals surface area contributed by atoms with E-state index in [9.17, 15) is 14.4 Å². The van der Waals surface area contributed by atoms with Crippen LogP contribution in [0.1, 0.15) is 66.2 Å². The zero-order valence-electron chi connectivity index (χ0n) is 19.0. The molecule has 3 rings (SSSR count). The van der Waals surface area contributed by atoms with Crippen LogP contribution in [0, 0.1) is 11.8 Å². The minimum Gasteiger partial charge on any atom is -0.459 e. The van der Waals surface area contributed by atoms with Gasteiger partial charge in [-0.2, -0.15) is 0 Å². The molecule has 0 radical (unpaired) electrons. The Morgan fingerprint density at radius 1 is 1.13 bits per heavy atom. The number of hydrogen-bond donors (Lipinski definition) is 0. The number of hydrogen-bond acceptors (Lipinski definition) is 7. The lowest BCUT2D eigenvalue weighted by atomic mass is 9.79. The Morgan fingerprint density at radius 3 is 2.45 bits per heavy atom. The van der Waals surface area contributed by atoms with Gasteiger partial charge in [0.2, 0.25) is 0 Å². The monoisotopic (exact) mass is 434 g/mol. The van der Waals surface area contributed by atoms with Crippen molar-refractivity contribution in [2.45, 2.75) is 96.2 Å². The van der Waals surface area contributed by atoms with Crippen LogP contribution in [0.4, 0.5) is 0 Å². The van der Waals surface area contributed by atoms with Crippen LogP contribution < -0.4 is 0 Å². The van der Waals surface area contributed by atoms with Crippen LogP contribution in [0.2, 0.25) is 0 Å². The second kappa shape index (κ2) is 9.15. The van der Waals surface area contributed by atoms with Crippen LogP contribution in [0.5, 0.6) is 0 Å². The van der Waals surface area contributed by atoms with E-state index >= 15 is 0 Å². The molecule has 7 atom stereocenters. The molecule has 0 N–H and O–H groups in total. The van der Waals surface area contributed by atoms with Gasteiger partial charge in [-0.25, -0.2) is 4.79 Å². The van der Waals surface area contributed by atoms with Gasteiger partial charge < -0.3 is 18.9 Å². The van der Waals surface area contributed by atoms with Crippen molar-refractivity contribution in [3.05, 3.63) is 24.3 Å². The SMILES string of the molecule is C=C1CCC[C@@H](C)[C@H](OC(C)=O)[C@@H]2OC(=O)C(=C)[C@@H]2C[C@@H](OC(C)=O)C2(C)CCC1O2. The third kappa shape index (κ3) is 5.03. The van der Waals surface area contributed by atoms with Gasteiger partial charge in [-0.3, -0.25) is 9.59 Å². The molecule has 172 valence electrons. The van der Waals surface area contributed by atoms with Gasteiger partial charge in [0.05, 0.1) is 6.10 Å². The molecule has 0 spiro atoms. The first-order chi connectivity index (χ1) is 14.5. The summed E-state index contributed by atoms with van der Waals surface area (Å²) in [5, 5.41) is 0. The predicted octanol–water partition coefficient (Wildman–Crippen LogP) is 3.65. The molecule has 3 aliphatic heterocycles. The van der Waals surface area contributed by atoms with E-state index in [0.29, 0.717) is 18.4 Å². The first-order valence-electron chi connectivity index (χ1n) is 11.1. The lowest BCUT2D eigenvalue weighted by molar-refractivity contribution is -0.173. The smallest absolute Gasteiger partial charge is 0.334 e. The highest BCUT2D eigenvalue weighted by Gasteiger charge is 2.52. The largest absolute Gasteiger partial charge is 0.459 e. The first kappa shape index (κ1) is 23.5. The lowest BCUT2D eigenvalue weighted by Crippen LogP contribution is -2.46. The molecule has 0 aromatic heterocycles. The van der Waals surface area contributed by atoms with Crippen LogP contribution in [0.15, 0.2) is 24.3 Å². The van der Waals surface area contributed by atoms with Gasteiger partial charge in [0.1, 0.15) is 23.9 Å². The third-order valence-corrected chi connectivity index (χ3v) is 6.92. The molecule has 3 aliphatic rings. The van der Waals surface area contributed by atoms with E-state index in [-0.39, 0.29) is 12.0 Å². The average molecular weight is 435 g/mol. The maximum atomic E-state index is 12.5. The van der Waals surface area contributed by atoms with Crippen molar-refractivity contribution in [3.63, 3.8) is 0 Å². The summed E-state index contributed by atoms with van der Waals surface area (Å²) < 4.78 is 23.4. The Kier molecular flexibility index (Phi) is 6.94. The Balaban J connectivity index is 2.00. The predicted molar refractivity (Wildman–Crippen MR) is 113 cm³/mol. The fourth-order valence-corrected chi connectivity index (χ4v) is 5.12. The maximum Gasteiger partial charge on any atom is 0.334 e. The Bertz CT molecular complexity index is 772. The summed E-state index contributed by atoms with van der Waals surface area (Å²) in [6, 6.07) is 0. The lowest BCUT2D eigenvalue weighted by Gasteiger charge is -2.37. The van der Waals surface area contributed by atoms with Crippen molar-refractivity contribution < 1.29 is 33.3 Å². The van der Waals surface area contributed by atoms with Gasteiger partial charge in [0.25, 0.3) is 0 Å². The van der Waals surface area contributed by atoms with E-state index in [0.717, 1.165) is 31.3 Å². The van der Waals surface area contributed by atoms with Gasteiger partial charge in [0, 0.05) is 25.3 Å². The van der Waals surface area contributed by atoms with Crippen molar-refractivity contribution in [3.8, 4) is 0 Å². The van der Waals surface area contributed by atoms with Crippen LogP contribution in [0.3, 0.4) is 0 Å². The molecule has 0 aromatic carbocycles. The van der Waals surface area contributed by atoms with Crippen molar-refractivity contribution in [1.29, 1.82) is 0 Å². The van der Waals surface area contributed by atoms with Gasteiger partial charge in [-0.1, -0.05) is 20.1 Å². The summed E-state index contributed by atoms with van der Waals surface area (Å²) in [4.78, 5) is 36.3. The highest BCUT2D eigenvalue weighted by atomic mass is 16.6. The van der Waals surface area contributed by atoms with Crippen molar-refractivity contribution in [2.24, 2.45) is 11.8 Å². The van der Waals surface area contributed by atoms with Gasteiger partial charge in [0.15, 0.2) is 0 Å². The fourth-order valence-electron chi connectivity index (χ4n) is 5.12. The number of esters is 3. The van der Waals surface area contributed by atoms with Gasteiger partial charge >= 0.3 is 17.9 Å². The fraction of sp³-hybridized carbons (Fsp3) is 0.708. The minimum absolute atomic E-state index is 0.0375. The first-order valence-corrected chi connectivity index (χ1v) is 11.1. The molecule has 0 aliphatic carbocycles. The van der Waals surface area contributed by atoms with Crippen molar-refractivity contribution in [2.75, 3.05) is 0 Å². The number of carbonyl (C=O) groups excluding carboxylic acids is 3. The van der Waals surface area contributed by atoms with E-state index in [1.807, 2.05) is 13.8 Å². The van der Waals surface area contributed by atoms with E-state index in [2.05, 4.69) is 13.2 Å². The van der Waals surface area contributed by atoms with Crippen LogP contribution in [0.25, 0.3) is 0 Å². The molecule has 0 saturated carbocycles. The summed E-state index contributed by atoms with van der Waals surface area (Å²) in [6.45, 7) is 14.8. The summed E-state index contributed by atoms with van der Waals surface area (Å²) in [5.41, 5.74) is 0.618. The molecular weight excluding hydrogens is 400 g/mol. The molecule has 3 fully saturated rings. The minimum atomic E-state index is -0.716. The average Bonchev–Trinajstić information content (AvgIpc) is 3.20. The van der Waals surface area contributed by atoms with Gasteiger partial charge in [-0.05, 0) is 56.9 Å². The second-order valence-electron chi connectivity index (χ2n) is 9.40. The molecule has 7 heteroatoms. The van der Waals surface area contributed by atoms with E-state index in [1.54, 1.807) is 0 Å².